The van der Waals surface area contributed by atoms with Gasteiger partial charge in [-0.3, -0.25) is 9.97 Å². The SMILES string of the molecule is O=C(O)c1cccnc1SCc1cnccn1. The monoisotopic (exact) mass is 247 g/mol. The van der Waals surface area contributed by atoms with Crippen LogP contribution in [0.1, 0.15) is 16.1 Å². The Kier molecular flexibility index (Phi) is 3.66. The lowest BCUT2D eigenvalue weighted by molar-refractivity contribution is 0.0692. The van der Waals surface area contributed by atoms with Crippen LogP contribution in [0.25, 0.3) is 0 Å². The van der Waals surface area contributed by atoms with Crippen LogP contribution in [0.3, 0.4) is 0 Å². The summed E-state index contributed by atoms with van der Waals surface area (Å²) in [6.07, 6.45) is 6.42. The van der Waals surface area contributed by atoms with Gasteiger partial charge in [-0.25, -0.2) is 9.78 Å². The summed E-state index contributed by atoms with van der Waals surface area (Å²) in [7, 11) is 0. The number of carboxylic acids is 1. The fourth-order valence-electron chi connectivity index (χ4n) is 1.22. The molecule has 0 amide bonds. The Morgan fingerprint density at radius 3 is 2.88 bits per heavy atom. The zero-order valence-corrected chi connectivity index (χ0v) is 9.59. The maximum Gasteiger partial charge on any atom is 0.338 e. The quantitative estimate of drug-likeness (QED) is 0.831. The highest BCUT2D eigenvalue weighted by Gasteiger charge is 2.11. The predicted molar refractivity (Wildman–Crippen MR) is 62.8 cm³/mol. The third kappa shape index (κ3) is 3.01. The minimum Gasteiger partial charge on any atom is -0.478 e. The first kappa shape index (κ1) is 11.5. The zero-order valence-electron chi connectivity index (χ0n) is 8.78. The van der Waals surface area contributed by atoms with Gasteiger partial charge in [-0.05, 0) is 12.1 Å². The Labute approximate surface area is 102 Å². The third-order valence-electron chi connectivity index (χ3n) is 1.97. The highest BCUT2D eigenvalue weighted by atomic mass is 32.2. The van der Waals surface area contributed by atoms with Gasteiger partial charge in [0.15, 0.2) is 0 Å². The molecule has 2 aromatic rings. The normalized spacial score (nSPS) is 10.1. The topological polar surface area (TPSA) is 76.0 Å². The van der Waals surface area contributed by atoms with E-state index in [-0.39, 0.29) is 5.56 Å². The molecule has 0 radical (unpaired) electrons. The van der Waals surface area contributed by atoms with Crippen LogP contribution in [0.15, 0.2) is 41.9 Å². The van der Waals surface area contributed by atoms with Crippen molar-refractivity contribution in [3.8, 4) is 0 Å². The first-order valence-corrected chi connectivity index (χ1v) is 5.82. The first-order chi connectivity index (χ1) is 8.27. The highest BCUT2D eigenvalue weighted by molar-refractivity contribution is 7.98. The molecule has 0 aliphatic rings. The average Bonchev–Trinajstić information content (AvgIpc) is 2.38. The molecule has 0 atom stereocenters. The molecule has 0 aliphatic heterocycles. The van der Waals surface area contributed by atoms with E-state index in [9.17, 15) is 4.79 Å². The molecule has 86 valence electrons. The molecule has 0 saturated carbocycles. The second-order valence-electron chi connectivity index (χ2n) is 3.15. The lowest BCUT2D eigenvalue weighted by Crippen LogP contribution is -2.00. The number of hydrogen-bond donors (Lipinski definition) is 1. The Morgan fingerprint density at radius 1 is 1.29 bits per heavy atom. The van der Waals surface area contributed by atoms with Crippen LogP contribution in [0.4, 0.5) is 0 Å². The largest absolute Gasteiger partial charge is 0.478 e. The van der Waals surface area contributed by atoms with Crippen molar-refractivity contribution in [3.05, 3.63) is 48.2 Å². The van der Waals surface area contributed by atoms with Crippen molar-refractivity contribution in [2.24, 2.45) is 0 Å². The molecular weight excluding hydrogens is 238 g/mol. The number of aromatic nitrogens is 3. The number of hydrogen-bond acceptors (Lipinski definition) is 5. The number of pyridine rings is 1. The van der Waals surface area contributed by atoms with E-state index in [0.29, 0.717) is 10.8 Å². The van der Waals surface area contributed by atoms with E-state index in [0.717, 1.165) is 5.69 Å². The van der Waals surface area contributed by atoms with Crippen LogP contribution in [-0.4, -0.2) is 26.0 Å². The maximum atomic E-state index is 11.0. The van der Waals surface area contributed by atoms with Gasteiger partial charge in [-0.15, -0.1) is 0 Å². The minimum atomic E-state index is -0.972. The van der Waals surface area contributed by atoms with Gasteiger partial charge in [0, 0.05) is 30.5 Å². The van der Waals surface area contributed by atoms with Gasteiger partial charge in [0.05, 0.1) is 11.3 Å². The maximum absolute atomic E-state index is 11.0. The van der Waals surface area contributed by atoms with Crippen LogP contribution in [0, 0.1) is 0 Å². The molecular formula is C11H9N3O2S. The molecule has 5 nitrogen and oxygen atoms in total. The Bertz CT molecular complexity index is 519. The van der Waals surface area contributed by atoms with E-state index in [1.807, 2.05) is 0 Å². The van der Waals surface area contributed by atoms with Crippen molar-refractivity contribution in [1.29, 1.82) is 0 Å². The van der Waals surface area contributed by atoms with E-state index in [2.05, 4.69) is 15.0 Å². The zero-order chi connectivity index (χ0) is 12.1. The molecule has 17 heavy (non-hydrogen) atoms. The fraction of sp³-hybridized carbons (Fsp3) is 0.0909. The van der Waals surface area contributed by atoms with Gasteiger partial charge >= 0.3 is 5.97 Å². The van der Waals surface area contributed by atoms with E-state index in [1.54, 1.807) is 30.9 Å². The lowest BCUT2D eigenvalue weighted by atomic mass is 10.3. The number of carboxylic acid groups (broad SMARTS) is 1. The van der Waals surface area contributed by atoms with Gasteiger partial charge in [-0.1, -0.05) is 11.8 Å². The predicted octanol–water partition coefficient (Wildman–Crippen LogP) is 1.86. The summed E-state index contributed by atoms with van der Waals surface area (Å²) in [5.41, 5.74) is 1.00. The molecule has 2 heterocycles. The second-order valence-corrected chi connectivity index (χ2v) is 4.11. The summed E-state index contributed by atoms with van der Waals surface area (Å²) < 4.78 is 0. The van der Waals surface area contributed by atoms with E-state index in [1.165, 1.54) is 17.8 Å². The van der Waals surface area contributed by atoms with Crippen LogP contribution in [-0.2, 0) is 5.75 Å². The highest BCUT2D eigenvalue weighted by Crippen LogP contribution is 2.22. The molecule has 0 unspecified atom stereocenters. The number of rotatable bonds is 4. The fourth-order valence-corrected chi connectivity index (χ4v) is 2.10. The molecule has 1 N–H and O–H groups in total. The Morgan fingerprint density at radius 2 is 2.18 bits per heavy atom. The van der Waals surface area contributed by atoms with Crippen molar-refractivity contribution < 1.29 is 9.90 Å². The first-order valence-electron chi connectivity index (χ1n) is 4.83. The molecule has 0 aliphatic carbocycles. The molecule has 2 rings (SSSR count). The van der Waals surface area contributed by atoms with Crippen molar-refractivity contribution >= 4 is 17.7 Å². The number of nitrogens with zero attached hydrogens (tertiary/aromatic N) is 3. The molecule has 6 heteroatoms. The van der Waals surface area contributed by atoms with Crippen LogP contribution in [0.5, 0.6) is 0 Å². The summed E-state index contributed by atoms with van der Waals surface area (Å²) in [6, 6.07) is 3.14. The van der Waals surface area contributed by atoms with Crippen LogP contribution < -0.4 is 0 Å². The number of carbonyl (C=O) groups is 1. The molecule has 0 bridgehead atoms. The van der Waals surface area contributed by atoms with E-state index >= 15 is 0 Å². The molecule has 0 aromatic carbocycles. The molecule has 2 aromatic heterocycles. The molecule has 0 saturated heterocycles. The minimum absolute atomic E-state index is 0.210. The van der Waals surface area contributed by atoms with E-state index in [4.69, 9.17) is 5.11 Å². The third-order valence-corrected chi connectivity index (χ3v) is 3.01. The number of aromatic carboxylic acids is 1. The van der Waals surface area contributed by atoms with Crippen molar-refractivity contribution in [3.63, 3.8) is 0 Å². The second kappa shape index (κ2) is 5.40. The summed E-state index contributed by atoms with van der Waals surface area (Å²) in [5, 5.41) is 9.47. The lowest BCUT2D eigenvalue weighted by Gasteiger charge is -2.03. The summed E-state index contributed by atoms with van der Waals surface area (Å²) >= 11 is 1.33. The van der Waals surface area contributed by atoms with Gasteiger partial charge < -0.3 is 5.11 Å². The summed E-state index contributed by atoms with van der Waals surface area (Å²) in [6.45, 7) is 0. The number of thioether (sulfide) groups is 1. The Balaban J connectivity index is 2.12. The molecule has 0 fully saturated rings. The van der Waals surface area contributed by atoms with Crippen molar-refractivity contribution in [2.75, 3.05) is 0 Å². The van der Waals surface area contributed by atoms with Gasteiger partial charge in [-0.2, -0.15) is 0 Å². The van der Waals surface area contributed by atoms with E-state index < -0.39 is 5.97 Å². The smallest absolute Gasteiger partial charge is 0.338 e. The van der Waals surface area contributed by atoms with Crippen molar-refractivity contribution in [2.45, 2.75) is 10.8 Å². The van der Waals surface area contributed by atoms with Gasteiger partial charge in [0.2, 0.25) is 0 Å². The Hall–Kier alpha value is -1.95. The average molecular weight is 247 g/mol. The molecule has 0 spiro atoms. The van der Waals surface area contributed by atoms with Crippen LogP contribution >= 0.6 is 11.8 Å². The standard InChI is InChI=1S/C11H9N3O2S/c15-11(16)9-2-1-3-14-10(9)17-7-8-6-12-4-5-13-8/h1-6H,7H2,(H,15,16). The van der Waals surface area contributed by atoms with Crippen LogP contribution in [0.2, 0.25) is 0 Å². The van der Waals surface area contributed by atoms with Gasteiger partial charge in [0.1, 0.15) is 5.03 Å². The van der Waals surface area contributed by atoms with Gasteiger partial charge in [0.25, 0.3) is 0 Å². The summed E-state index contributed by atoms with van der Waals surface area (Å²) in [5.74, 6) is -0.426. The summed E-state index contributed by atoms with van der Waals surface area (Å²) in [4.78, 5) is 23.1. The van der Waals surface area contributed by atoms with Crippen molar-refractivity contribution in [1.82, 2.24) is 15.0 Å².